The molecule has 33 heavy (non-hydrogen) atoms. The first-order valence-electron chi connectivity index (χ1n) is 9.93. The van der Waals surface area contributed by atoms with Crippen LogP contribution in [0.2, 0.25) is 0 Å². The molecule has 1 aromatic heterocycles. The summed E-state index contributed by atoms with van der Waals surface area (Å²) in [4.78, 5) is 21.1. The highest BCUT2D eigenvalue weighted by Crippen LogP contribution is 2.33. The Bertz CT molecular complexity index is 1090. The van der Waals surface area contributed by atoms with Gasteiger partial charge in [-0.05, 0) is 49.6 Å². The summed E-state index contributed by atoms with van der Waals surface area (Å²) in [5.41, 5.74) is 1.71. The summed E-state index contributed by atoms with van der Waals surface area (Å²) in [6.07, 6.45) is -1.34. The van der Waals surface area contributed by atoms with Crippen molar-refractivity contribution in [1.29, 1.82) is 0 Å². The quantitative estimate of drug-likeness (QED) is 0.297. The molecule has 6 nitrogen and oxygen atoms in total. The molecule has 0 saturated heterocycles. The molecule has 0 atom stereocenters. The van der Waals surface area contributed by atoms with Crippen LogP contribution in [0.3, 0.4) is 0 Å². The molecule has 1 N–H and O–H groups in total. The van der Waals surface area contributed by atoms with E-state index in [4.69, 9.17) is 14.7 Å². The van der Waals surface area contributed by atoms with E-state index in [-0.39, 0.29) is 13.2 Å². The van der Waals surface area contributed by atoms with Gasteiger partial charge in [-0.25, -0.2) is 9.78 Å². The lowest BCUT2D eigenvalue weighted by Gasteiger charge is -2.06. The van der Waals surface area contributed by atoms with Crippen LogP contribution in [0.1, 0.15) is 28.1 Å². The van der Waals surface area contributed by atoms with Gasteiger partial charge in [0, 0.05) is 11.8 Å². The number of hydrogen-bond donors (Lipinski definition) is 1. The fourth-order valence-electron chi connectivity index (χ4n) is 2.82. The van der Waals surface area contributed by atoms with Crippen molar-refractivity contribution in [3.63, 3.8) is 0 Å². The number of nitrogens with zero attached hydrogens (tertiary/aromatic N) is 2. The van der Waals surface area contributed by atoms with Crippen LogP contribution in [0.15, 0.2) is 53.7 Å². The van der Waals surface area contributed by atoms with E-state index in [9.17, 15) is 18.0 Å². The van der Waals surface area contributed by atoms with Gasteiger partial charge in [-0.3, -0.25) is 0 Å². The lowest BCUT2D eigenvalue weighted by Crippen LogP contribution is -2.09. The van der Waals surface area contributed by atoms with Gasteiger partial charge in [-0.1, -0.05) is 29.4 Å². The van der Waals surface area contributed by atoms with E-state index < -0.39 is 17.7 Å². The number of hydrogen-bond acceptors (Lipinski definition) is 6. The van der Waals surface area contributed by atoms with E-state index in [0.29, 0.717) is 22.7 Å². The average Bonchev–Trinajstić information content (AvgIpc) is 3.15. The third-order valence-corrected chi connectivity index (χ3v) is 5.72. The van der Waals surface area contributed by atoms with Crippen LogP contribution >= 0.6 is 11.3 Å². The number of carboxylic acids is 1. The van der Waals surface area contributed by atoms with Crippen molar-refractivity contribution in [2.75, 3.05) is 6.61 Å². The molecule has 0 bridgehead atoms. The van der Waals surface area contributed by atoms with Crippen molar-refractivity contribution < 1.29 is 32.6 Å². The zero-order valence-corrected chi connectivity index (χ0v) is 18.4. The number of thiazole rings is 1. The maximum atomic E-state index is 12.7. The molecule has 1 heterocycles. The molecule has 0 unspecified atom stereocenters. The van der Waals surface area contributed by atoms with Gasteiger partial charge in [0.1, 0.15) is 10.8 Å². The first-order chi connectivity index (χ1) is 15.7. The van der Waals surface area contributed by atoms with Crippen LogP contribution in [0.25, 0.3) is 10.6 Å². The topological polar surface area (TPSA) is 81.0 Å². The second kappa shape index (κ2) is 11.0. The highest BCUT2D eigenvalue weighted by Gasteiger charge is 2.30. The summed E-state index contributed by atoms with van der Waals surface area (Å²) in [6.45, 7) is 1.65. The first-order valence-corrected chi connectivity index (χ1v) is 10.8. The number of carboxylic acid groups (broad SMARTS) is 1. The van der Waals surface area contributed by atoms with Crippen LogP contribution in [0.4, 0.5) is 13.2 Å². The Morgan fingerprint density at radius 2 is 1.85 bits per heavy atom. The van der Waals surface area contributed by atoms with E-state index in [1.54, 1.807) is 18.3 Å². The van der Waals surface area contributed by atoms with Gasteiger partial charge in [0.05, 0.1) is 16.1 Å². The Morgan fingerprint density at radius 3 is 2.48 bits per heavy atom. The van der Waals surface area contributed by atoms with Gasteiger partial charge < -0.3 is 14.7 Å². The monoisotopic (exact) mass is 478 g/mol. The normalized spacial score (nSPS) is 11.6. The van der Waals surface area contributed by atoms with Gasteiger partial charge in [-0.15, -0.1) is 11.3 Å². The lowest BCUT2D eigenvalue weighted by molar-refractivity contribution is -0.139. The number of ether oxygens (including phenoxy) is 1. The van der Waals surface area contributed by atoms with Crippen LogP contribution < -0.4 is 4.74 Å². The molecular formula is C23H21F3N2O4S. The summed E-state index contributed by atoms with van der Waals surface area (Å²) in [6, 6.07) is 12.1. The zero-order chi connectivity index (χ0) is 23.8. The van der Waals surface area contributed by atoms with E-state index in [2.05, 4.69) is 10.1 Å². The molecule has 0 spiro atoms. The molecule has 174 valence electrons. The Balaban J connectivity index is 1.45. The summed E-state index contributed by atoms with van der Waals surface area (Å²) in [5, 5.41) is 13.2. The number of benzene rings is 2. The zero-order valence-electron chi connectivity index (χ0n) is 17.6. The maximum Gasteiger partial charge on any atom is 0.416 e. The SMILES string of the molecule is Cc1nc(-c2ccc(C(F)(F)F)cc2)sc1CON=CCCc1ccc(OCC(=O)O)cc1. The predicted molar refractivity (Wildman–Crippen MR) is 118 cm³/mol. The average molecular weight is 478 g/mol. The molecule has 3 rings (SSSR count). The van der Waals surface area contributed by atoms with Crippen molar-refractivity contribution in [2.24, 2.45) is 5.16 Å². The predicted octanol–water partition coefficient (Wildman–Crippen LogP) is 5.74. The van der Waals surface area contributed by atoms with Crippen molar-refractivity contribution in [3.8, 4) is 16.3 Å². The van der Waals surface area contributed by atoms with Crippen molar-refractivity contribution in [1.82, 2.24) is 4.98 Å². The third-order valence-electron chi connectivity index (χ3n) is 4.54. The van der Waals surface area contributed by atoms with E-state index in [1.165, 1.54) is 23.5 Å². The number of oxime groups is 1. The van der Waals surface area contributed by atoms with Gasteiger partial charge in [0.25, 0.3) is 0 Å². The number of rotatable bonds is 10. The Hall–Kier alpha value is -3.40. The van der Waals surface area contributed by atoms with Crippen molar-refractivity contribution in [2.45, 2.75) is 32.5 Å². The van der Waals surface area contributed by atoms with E-state index in [1.807, 2.05) is 19.1 Å². The summed E-state index contributed by atoms with van der Waals surface area (Å²) in [5.74, 6) is -0.534. The summed E-state index contributed by atoms with van der Waals surface area (Å²) >= 11 is 1.35. The number of alkyl halides is 3. The fourth-order valence-corrected chi connectivity index (χ4v) is 3.79. The van der Waals surface area contributed by atoms with Crippen molar-refractivity contribution in [3.05, 3.63) is 70.2 Å². The largest absolute Gasteiger partial charge is 0.482 e. The fraction of sp³-hybridized carbons (Fsp3) is 0.261. The Labute approximate surface area is 192 Å². The molecule has 0 aliphatic rings. The number of aryl methyl sites for hydroxylation is 2. The molecular weight excluding hydrogens is 457 g/mol. The van der Waals surface area contributed by atoms with Gasteiger partial charge in [-0.2, -0.15) is 13.2 Å². The first kappa shape index (κ1) is 24.2. The molecule has 10 heteroatoms. The second-order valence-corrected chi connectivity index (χ2v) is 8.11. The number of aliphatic carboxylic acids is 1. The number of halogens is 3. The van der Waals surface area contributed by atoms with Gasteiger partial charge >= 0.3 is 12.1 Å². The lowest BCUT2D eigenvalue weighted by atomic mass is 10.1. The van der Waals surface area contributed by atoms with Crippen LogP contribution in [-0.2, 0) is 28.8 Å². The summed E-state index contributed by atoms with van der Waals surface area (Å²) < 4.78 is 43.2. The highest BCUT2D eigenvalue weighted by atomic mass is 32.1. The van der Waals surface area contributed by atoms with Crippen molar-refractivity contribution >= 4 is 23.5 Å². The van der Waals surface area contributed by atoms with E-state index in [0.717, 1.165) is 34.7 Å². The standard InChI is InChI=1S/C23H21F3N2O4S/c1-15-20(33-22(28-15)17-6-8-18(9-7-17)23(24,25)26)13-32-27-12-2-3-16-4-10-19(11-5-16)31-14-21(29)30/h4-12H,2-3,13-14H2,1H3,(H,29,30). The molecule has 0 saturated carbocycles. The van der Waals surface area contributed by atoms with Crippen LogP contribution in [0.5, 0.6) is 5.75 Å². The minimum absolute atomic E-state index is 0.218. The molecule has 0 aliphatic heterocycles. The van der Waals surface area contributed by atoms with Gasteiger partial charge in [0.2, 0.25) is 0 Å². The minimum Gasteiger partial charge on any atom is -0.482 e. The number of carbonyl (C=O) groups is 1. The Kier molecular flexibility index (Phi) is 8.05. The molecule has 2 aromatic carbocycles. The second-order valence-electron chi connectivity index (χ2n) is 7.03. The van der Waals surface area contributed by atoms with Crippen LogP contribution in [0, 0.1) is 6.92 Å². The number of aromatic nitrogens is 1. The maximum absolute atomic E-state index is 12.7. The summed E-state index contributed by atoms with van der Waals surface area (Å²) in [7, 11) is 0. The molecule has 0 aliphatic carbocycles. The van der Waals surface area contributed by atoms with Crippen LogP contribution in [-0.4, -0.2) is 28.9 Å². The molecule has 0 fully saturated rings. The van der Waals surface area contributed by atoms with Gasteiger partial charge in [0.15, 0.2) is 13.2 Å². The van der Waals surface area contributed by atoms with E-state index >= 15 is 0 Å². The molecule has 0 radical (unpaired) electrons. The minimum atomic E-state index is -4.37. The Morgan fingerprint density at radius 1 is 1.15 bits per heavy atom. The molecule has 0 amide bonds. The highest BCUT2D eigenvalue weighted by molar-refractivity contribution is 7.15. The molecule has 3 aromatic rings. The third kappa shape index (κ3) is 7.31. The smallest absolute Gasteiger partial charge is 0.416 e.